The Hall–Kier alpha value is -0.860. The molecule has 0 aromatic rings. The van der Waals surface area contributed by atoms with Gasteiger partial charge in [0.1, 0.15) is 5.60 Å². The van der Waals surface area contributed by atoms with E-state index < -0.39 is 29.3 Å². The zero-order valence-electron chi connectivity index (χ0n) is 15.2. The Kier molecular flexibility index (Phi) is 3.74. The standard InChI is InChI=1S/C21H30O4/c1-4-21(25)8-7-14-13-6-5-12-9-15(22)16(23)10-19(12,2)18(13)17(24)11-20(14,21)3/h1,5,13-18,22-25H,6-11H2,2-3H3/t13-,14-,15+,16+,17-,18+,19-,20-,21-/m0/s1. The normalized spacial score (nSPS) is 57.7. The molecule has 4 heteroatoms. The molecule has 0 aromatic carbocycles. The van der Waals surface area contributed by atoms with E-state index in [1.807, 2.05) is 6.92 Å². The van der Waals surface area contributed by atoms with Crippen LogP contribution >= 0.6 is 0 Å². The first-order valence-electron chi connectivity index (χ1n) is 9.60. The Bertz CT molecular complexity index is 651. The molecule has 0 amide bonds. The first-order valence-corrected chi connectivity index (χ1v) is 9.60. The van der Waals surface area contributed by atoms with Crippen LogP contribution in [0.3, 0.4) is 0 Å². The second-order valence-corrected chi connectivity index (χ2v) is 9.45. The number of hydrogen-bond donors (Lipinski definition) is 4. The first-order chi connectivity index (χ1) is 11.7. The molecule has 4 rings (SSSR count). The van der Waals surface area contributed by atoms with E-state index >= 15 is 0 Å². The summed E-state index contributed by atoms with van der Waals surface area (Å²) in [5.41, 5.74) is -0.716. The van der Waals surface area contributed by atoms with E-state index in [2.05, 4.69) is 18.9 Å². The smallest absolute Gasteiger partial charge is 0.130 e. The van der Waals surface area contributed by atoms with Crippen molar-refractivity contribution in [1.29, 1.82) is 0 Å². The van der Waals surface area contributed by atoms with Crippen LogP contribution < -0.4 is 0 Å². The summed E-state index contributed by atoms with van der Waals surface area (Å²) in [5.74, 6) is 3.21. The highest BCUT2D eigenvalue weighted by Gasteiger charge is 2.66. The van der Waals surface area contributed by atoms with Crippen molar-refractivity contribution >= 4 is 0 Å². The van der Waals surface area contributed by atoms with Crippen LogP contribution in [-0.4, -0.2) is 44.3 Å². The lowest BCUT2D eigenvalue weighted by atomic mass is 9.46. The quantitative estimate of drug-likeness (QED) is 0.397. The molecule has 4 nitrogen and oxygen atoms in total. The third kappa shape index (κ3) is 2.10. The van der Waals surface area contributed by atoms with Gasteiger partial charge in [0.15, 0.2) is 0 Å². The highest BCUT2D eigenvalue weighted by atomic mass is 16.3. The monoisotopic (exact) mass is 346 g/mol. The van der Waals surface area contributed by atoms with Crippen molar-refractivity contribution in [2.45, 2.75) is 76.3 Å². The van der Waals surface area contributed by atoms with Gasteiger partial charge in [-0.25, -0.2) is 0 Å². The Morgan fingerprint density at radius 1 is 1.12 bits per heavy atom. The van der Waals surface area contributed by atoms with Crippen LogP contribution in [0.25, 0.3) is 0 Å². The SMILES string of the molecule is C#C[C@]1(O)CC[C@H]2[C@@H]3CC=C4C[C@@H](O)[C@H](O)C[C@]4(C)[C@H]3[C@@H](O)C[C@@]21C. The molecular formula is C21H30O4. The summed E-state index contributed by atoms with van der Waals surface area (Å²) in [4.78, 5) is 0. The maximum Gasteiger partial charge on any atom is 0.130 e. The highest BCUT2D eigenvalue weighted by Crippen LogP contribution is 2.66. The fourth-order valence-corrected chi connectivity index (χ4v) is 7.07. The fraction of sp³-hybridized carbons (Fsp3) is 0.810. The van der Waals surface area contributed by atoms with E-state index in [0.29, 0.717) is 25.7 Å². The number of aliphatic hydroxyl groups is 4. The summed E-state index contributed by atoms with van der Waals surface area (Å²) in [7, 11) is 0. The van der Waals surface area contributed by atoms with Crippen LogP contribution in [0, 0.1) is 40.9 Å². The molecule has 0 radical (unpaired) electrons. The van der Waals surface area contributed by atoms with Crippen LogP contribution in [0.2, 0.25) is 0 Å². The Morgan fingerprint density at radius 2 is 1.84 bits per heavy atom. The molecule has 0 unspecified atom stereocenters. The molecule has 0 bridgehead atoms. The van der Waals surface area contributed by atoms with Crippen LogP contribution in [0.5, 0.6) is 0 Å². The van der Waals surface area contributed by atoms with Gasteiger partial charge < -0.3 is 20.4 Å². The van der Waals surface area contributed by atoms with Crippen molar-refractivity contribution < 1.29 is 20.4 Å². The second kappa shape index (κ2) is 5.33. The van der Waals surface area contributed by atoms with Gasteiger partial charge in [-0.1, -0.05) is 31.4 Å². The largest absolute Gasteiger partial charge is 0.393 e. The maximum atomic E-state index is 11.1. The van der Waals surface area contributed by atoms with Crippen molar-refractivity contribution in [2.24, 2.45) is 28.6 Å². The van der Waals surface area contributed by atoms with Crippen molar-refractivity contribution in [2.75, 3.05) is 0 Å². The summed E-state index contributed by atoms with van der Waals surface area (Å²) in [6.07, 6.45) is 9.72. The maximum absolute atomic E-state index is 11.1. The highest BCUT2D eigenvalue weighted by molar-refractivity contribution is 5.30. The molecule has 138 valence electrons. The Balaban J connectivity index is 1.75. The minimum Gasteiger partial charge on any atom is -0.393 e. The van der Waals surface area contributed by atoms with Gasteiger partial charge in [-0.3, -0.25) is 0 Å². The van der Waals surface area contributed by atoms with Crippen LogP contribution in [0.4, 0.5) is 0 Å². The minimum absolute atomic E-state index is 0.0489. The van der Waals surface area contributed by atoms with Gasteiger partial charge in [0.2, 0.25) is 0 Å². The van der Waals surface area contributed by atoms with Gasteiger partial charge in [-0.05, 0) is 61.7 Å². The van der Waals surface area contributed by atoms with Crippen molar-refractivity contribution in [3.63, 3.8) is 0 Å². The molecule has 0 saturated heterocycles. The van der Waals surface area contributed by atoms with Gasteiger partial charge in [0.05, 0.1) is 18.3 Å². The van der Waals surface area contributed by atoms with Gasteiger partial charge >= 0.3 is 0 Å². The van der Waals surface area contributed by atoms with E-state index in [1.165, 1.54) is 5.57 Å². The van der Waals surface area contributed by atoms with Gasteiger partial charge in [-0.15, -0.1) is 6.42 Å². The predicted molar refractivity (Wildman–Crippen MR) is 94.3 cm³/mol. The third-order valence-corrected chi connectivity index (χ3v) is 8.46. The van der Waals surface area contributed by atoms with Crippen LogP contribution in [-0.2, 0) is 0 Å². The second-order valence-electron chi connectivity index (χ2n) is 9.45. The molecule has 3 saturated carbocycles. The van der Waals surface area contributed by atoms with Crippen LogP contribution in [0.15, 0.2) is 11.6 Å². The molecule has 0 heterocycles. The Morgan fingerprint density at radius 3 is 2.52 bits per heavy atom. The van der Waals surface area contributed by atoms with Gasteiger partial charge in [0, 0.05) is 5.41 Å². The molecule has 3 fully saturated rings. The third-order valence-electron chi connectivity index (χ3n) is 8.46. The topological polar surface area (TPSA) is 80.9 Å². The van der Waals surface area contributed by atoms with E-state index in [9.17, 15) is 20.4 Å². The molecular weight excluding hydrogens is 316 g/mol. The first kappa shape index (κ1) is 17.5. The Labute approximate surface area is 150 Å². The predicted octanol–water partition coefficient (Wildman–Crippen LogP) is 1.62. The summed E-state index contributed by atoms with van der Waals surface area (Å²) in [6, 6.07) is 0. The summed E-state index contributed by atoms with van der Waals surface area (Å²) in [6.45, 7) is 4.18. The van der Waals surface area contributed by atoms with E-state index in [-0.39, 0.29) is 23.2 Å². The van der Waals surface area contributed by atoms with E-state index in [0.717, 1.165) is 12.8 Å². The van der Waals surface area contributed by atoms with Gasteiger partial charge in [-0.2, -0.15) is 0 Å². The van der Waals surface area contributed by atoms with Crippen molar-refractivity contribution in [3.05, 3.63) is 11.6 Å². The molecule has 4 aliphatic rings. The fourth-order valence-electron chi connectivity index (χ4n) is 7.07. The van der Waals surface area contributed by atoms with Crippen molar-refractivity contribution in [3.8, 4) is 12.3 Å². The summed E-state index contributed by atoms with van der Waals surface area (Å²) < 4.78 is 0. The minimum atomic E-state index is -1.14. The average Bonchev–Trinajstić information content (AvgIpc) is 2.80. The lowest BCUT2D eigenvalue weighted by Crippen LogP contribution is -2.60. The number of allylic oxidation sites excluding steroid dienone is 1. The van der Waals surface area contributed by atoms with E-state index in [1.54, 1.807) is 0 Å². The number of terminal acetylenes is 1. The number of rotatable bonds is 0. The molecule has 9 atom stereocenters. The summed E-state index contributed by atoms with van der Waals surface area (Å²) in [5, 5.41) is 42.5. The zero-order chi connectivity index (χ0) is 18.2. The molecule has 25 heavy (non-hydrogen) atoms. The molecule has 4 aliphatic carbocycles. The lowest BCUT2D eigenvalue weighted by molar-refractivity contribution is -0.160. The van der Waals surface area contributed by atoms with Gasteiger partial charge in [0.25, 0.3) is 0 Å². The molecule has 4 N–H and O–H groups in total. The van der Waals surface area contributed by atoms with Crippen LogP contribution in [0.1, 0.15) is 52.4 Å². The van der Waals surface area contributed by atoms with Crippen molar-refractivity contribution in [1.82, 2.24) is 0 Å². The number of hydrogen-bond acceptors (Lipinski definition) is 4. The lowest BCUT2D eigenvalue weighted by Gasteiger charge is -2.60. The molecule has 0 spiro atoms. The summed E-state index contributed by atoms with van der Waals surface area (Å²) >= 11 is 0. The zero-order valence-corrected chi connectivity index (χ0v) is 15.2. The van der Waals surface area contributed by atoms with E-state index in [4.69, 9.17) is 6.42 Å². The number of aliphatic hydroxyl groups excluding tert-OH is 3. The number of fused-ring (bicyclic) bond motifs is 5. The molecule has 0 aliphatic heterocycles. The average molecular weight is 346 g/mol. The molecule has 0 aromatic heterocycles.